The standard InChI is InChI=1S/C26H27ClN2O3/c1-18(2)32-17-19-9-8-12-21(15-19)28-25(30)16-24(20-10-4-3-5-11-20)29-26(31)22-13-6-7-14-23(22)27/h3-15,18,24H,16-17H2,1-2H3,(H,28,30)(H,29,31). The van der Waals surface area contributed by atoms with Crippen molar-refractivity contribution in [2.75, 3.05) is 5.32 Å². The monoisotopic (exact) mass is 450 g/mol. The number of carbonyl (C=O) groups is 2. The highest BCUT2D eigenvalue weighted by atomic mass is 35.5. The average Bonchev–Trinajstić information content (AvgIpc) is 2.78. The van der Waals surface area contributed by atoms with E-state index in [4.69, 9.17) is 16.3 Å². The van der Waals surface area contributed by atoms with Gasteiger partial charge in [-0.05, 0) is 49.2 Å². The van der Waals surface area contributed by atoms with E-state index < -0.39 is 6.04 Å². The van der Waals surface area contributed by atoms with Gasteiger partial charge in [-0.3, -0.25) is 9.59 Å². The van der Waals surface area contributed by atoms with Crippen LogP contribution in [0.4, 0.5) is 5.69 Å². The molecule has 0 aliphatic rings. The zero-order chi connectivity index (χ0) is 22.9. The van der Waals surface area contributed by atoms with Crippen molar-refractivity contribution in [3.05, 3.63) is 101 Å². The lowest BCUT2D eigenvalue weighted by molar-refractivity contribution is -0.116. The lowest BCUT2D eigenvalue weighted by atomic mass is 10.0. The molecule has 3 rings (SSSR count). The van der Waals surface area contributed by atoms with Crippen molar-refractivity contribution < 1.29 is 14.3 Å². The third-order valence-corrected chi connectivity index (χ3v) is 5.14. The van der Waals surface area contributed by atoms with Crippen LogP contribution in [0.25, 0.3) is 0 Å². The lowest BCUT2D eigenvalue weighted by Crippen LogP contribution is -2.31. The Balaban J connectivity index is 1.71. The fourth-order valence-electron chi connectivity index (χ4n) is 3.22. The Morgan fingerprint density at radius 3 is 2.38 bits per heavy atom. The minimum atomic E-state index is -0.507. The van der Waals surface area contributed by atoms with Crippen LogP contribution in [0.1, 0.15) is 47.8 Å². The summed E-state index contributed by atoms with van der Waals surface area (Å²) in [6, 6.07) is 23.3. The predicted octanol–water partition coefficient (Wildman–Crippen LogP) is 5.76. The van der Waals surface area contributed by atoms with Crippen LogP contribution in [0.5, 0.6) is 0 Å². The maximum Gasteiger partial charge on any atom is 0.253 e. The van der Waals surface area contributed by atoms with Crippen molar-refractivity contribution in [3.8, 4) is 0 Å². The Bertz CT molecular complexity index is 1050. The van der Waals surface area contributed by atoms with Crippen molar-refractivity contribution in [2.24, 2.45) is 0 Å². The van der Waals surface area contributed by atoms with Crippen LogP contribution >= 0.6 is 11.6 Å². The molecule has 0 saturated heterocycles. The van der Waals surface area contributed by atoms with Gasteiger partial charge in [0, 0.05) is 5.69 Å². The molecule has 2 N–H and O–H groups in total. The maximum absolute atomic E-state index is 12.8. The first-order valence-electron chi connectivity index (χ1n) is 10.5. The van der Waals surface area contributed by atoms with Gasteiger partial charge in [-0.25, -0.2) is 0 Å². The van der Waals surface area contributed by atoms with Gasteiger partial charge >= 0.3 is 0 Å². The smallest absolute Gasteiger partial charge is 0.253 e. The summed E-state index contributed by atoms with van der Waals surface area (Å²) in [7, 11) is 0. The van der Waals surface area contributed by atoms with E-state index >= 15 is 0 Å². The molecule has 166 valence electrons. The number of anilines is 1. The number of carbonyl (C=O) groups excluding carboxylic acids is 2. The summed E-state index contributed by atoms with van der Waals surface area (Å²) in [6.45, 7) is 4.43. The van der Waals surface area contributed by atoms with Crippen LogP contribution in [0.2, 0.25) is 5.02 Å². The zero-order valence-electron chi connectivity index (χ0n) is 18.2. The molecule has 0 radical (unpaired) electrons. The summed E-state index contributed by atoms with van der Waals surface area (Å²) < 4.78 is 5.63. The first-order chi connectivity index (χ1) is 15.4. The molecule has 1 atom stereocenters. The van der Waals surface area contributed by atoms with Crippen LogP contribution < -0.4 is 10.6 Å². The molecule has 0 aromatic heterocycles. The summed E-state index contributed by atoms with van der Waals surface area (Å²) in [5, 5.41) is 6.23. The summed E-state index contributed by atoms with van der Waals surface area (Å²) in [6.07, 6.45) is 0.203. The zero-order valence-corrected chi connectivity index (χ0v) is 18.9. The highest BCUT2D eigenvalue weighted by molar-refractivity contribution is 6.33. The summed E-state index contributed by atoms with van der Waals surface area (Å²) in [4.78, 5) is 25.7. The van der Waals surface area contributed by atoms with Gasteiger partial charge in [0.05, 0.1) is 35.8 Å². The maximum atomic E-state index is 12.8. The third-order valence-electron chi connectivity index (χ3n) is 4.81. The van der Waals surface area contributed by atoms with Gasteiger partial charge in [0.25, 0.3) is 5.91 Å². The quantitative estimate of drug-likeness (QED) is 0.435. The fraction of sp³-hybridized carbons (Fsp3) is 0.231. The number of hydrogen-bond donors (Lipinski definition) is 2. The van der Waals surface area contributed by atoms with E-state index in [1.165, 1.54) is 0 Å². The Hall–Kier alpha value is -3.15. The second-order valence-corrected chi connectivity index (χ2v) is 8.14. The molecule has 2 amide bonds. The second-order valence-electron chi connectivity index (χ2n) is 7.73. The second kappa shape index (κ2) is 11.5. The van der Waals surface area contributed by atoms with Gasteiger partial charge in [-0.15, -0.1) is 0 Å². The van der Waals surface area contributed by atoms with Crippen molar-refractivity contribution in [1.29, 1.82) is 0 Å². The van der Waals surface area contributed by atoms with E-state index in [2.05, 4.69) is 10.6 Å². The van der Waals surface area contributed by atoms with Crippen LogP contribution in [0.3, 0.4) is 0 Å². The number of halogens is 1. The molecule has 3 aromatic carbocycles. The van der Waals surface area contributed by atoms with Crippen molar-refractivity contribution in [2.45, 2.75) is 39.0 Å². The third kappa shape index (κ3) is 6.94. The van der Waals surface area contributed by atoms with Gasteiger partial charge in [0.1, 0.15) is 0 Å². The Morgan fingerprint density at radius 1 is 0.938 bits per heavy atom. The molecular formula is C26H27ClN2O3. The van der Waals surface area contributed by atoms with Crippen LogP contribution in [-0.4, -0.2) is 17.9 Å². The number of nitrogens with one attached hydrogen (secondary N) is 2. The molecule has 32 heavy (non-hydrogen) atoms. The Kier molecular flexibility index (Phi) is 8.42. The number of amides is 2. The molecule has 0 aliphatic heterocycles. The molecule has 6 heteroatoms. The molecule has 0 saturated carbocycles. The van der Waals surface area contributed by atoms with E-state index in [9.17, 15) is 9.59 Å². The number of hydrogen-bond acceptors (Lipinski definition) is 3. The van der Waals surface area contributed by atoms with E-state index in [1.807, 2.05) is 68.4 Å². The lowest BCUT2D eigenvalue weighted by Gasteiger charge is -2.19. The van der Waals surface area contributed by atoms with Gasteiger partial charge < -0.3 is 15.4 Å². The highest BCUT2D eigenvalue weighted by Crippen LogP contribution is 2.21. The number of benzene rings is 3. The summed E-state index contributed by atoms with van der Waals surface area (Å²) in [5.74, 6) is -0.537. The van der Waals surface area contributed by atoms with E-state index in [-0.39, 0.29) is 24.3 Å². The van der Waals surface area contributed by atoms with Crippen molar-refractivity contribution in [3.63, 3.8) is 0 Å². The molecule has 0 bridgehead atoms. The van der Waals surface area contributed by atoms with Gasteiger partial charge in [0.2, 0.25) is 5.91 Å². The molecule has 0 spiro atoms. The molecule has 0 aliphatic carbocycles. The van der Waals surface area contributed by atoms with E-state index in [0.717, 1.165) is 11.1 Å². The highest BCUT2D eigenvalue weighted by Gasteiger charge is 2.20. The van der Waals surface area contributed by atoms with Gasteiger partial charge in [-0.2, -0.15) is 0 Å². The molecular weight excluding hydrogens is 424 g/mol. The Labute approximate surface area is 193 Å². The minimum Gasteiger partial charge on any atom is -0.374 e. The van der Waals surface area contributed by atoms with Crippen LogP contribution in [-0.2, 0) is 16.1 Å². The molecule has 1 unspecified atom stereocenters. The minimum absolute atomic E-state index is 0.0763. The van der Waals surface area contributed by atoms with E-state index in [0.29, 0.717) is 22.9 Å². The van der Waals surface area contributed by atoms with Gasteiger partial charge in [0.15, 0.2) is 0 Å². The SMILES string of the molecule is CC(C)OCc1cccc(NC(=O)CC(NC(=O)c2ccccc2Cl)c2ccccc2)c1. The largest absolute Gasteiger partial charge is 0.374 e. The van der Waals surface area contributed by atoms with Crippen molar-refractivity contribution >= 4 is 29.1 Å². The van der Waals surface area contributed by atoms with Gasteiger partial charge in [-0.1, -0.05) is 66.2 Å². The van der Waals surface area contributed by atoms with Crippen LogP contribution in [0, 0.1) is 0 Å². The summed E-state index contributed by atoms with van der Waals surface area (Å²) in [5.41, 5.74) is 2.86. The summed E-state index contributed by atoms with van der Waals surface area (Å²) >= 11 is 6.17. The molecule has 3 aromatic rings. The Morgan fingerprint density at radius 2 is 1.66 bits per heavy atom. The molecule has 0 fully saturated rings. The molecule has 5 nitrogen and oxygen atoms in total. The predicted molar refractivity (Wildman–Crippen MR) is 128 cm³/mol. The average molecular weight is 451 g/mol. The molecule has 0 heterocycles. The number of rotatable bonds is 9. The van der Waals surface area contributed by atoms with Crippen LogP contribution in [0.15, 0.2) is 78.9 Å². The first-order valence-corrected chi connectivity index (χ1v) is 10.9. The topological polar surface area (TPSA) is 67.4 Å². The van der Waals surface area contributed by atoms with Crippen molar-refractivity contribution in [1.82, 2.24) is 5.32 Å². The first kappa shape index (κ1) is 23.5. The van der Waals surface area contributed by atoms with E-state index in [1.54, 1.807) is 24.3 Å². The number of ether oxygens (including phenoxy) is 1. The fourth-order valence-corrected chi connectivity index (χ4v) is 3.44. The normalized spacial score (nSPS) is 11.8.